The Morgan fingerprint density at radius 2 is 1.86 bits per heavy atom. The number of sulfonamides is 1. The molecule has 0 aliphatic rings. The molecule has 0 saturated carbocycles. The first-order chi connectivity index (χ1) is 9.63. The molecule has 0 radical (unpaired) electrons. The van der Waals surface area contributed by atoms with E-state index in [1.165, 1.54) is 23.0 Å². The molecule has 1 aromatic heterocycles. The van der Waals surface area contributed by atoms with Crippen LogP contribution in [0.1, 0.15) is 5.56 Å². The number of hydrogen-bond donors (Lipinski definition) is 1. The van der Waals surface area contributed by atoms with Crippen molar-refractivity contribution in [2.24, 2.45) is 5.14 Å². The lowest BCUT2D eigenvalue weighted by molar-refractivity contribution is -0.274. The van der Waals surface area contributed by atoms with Crippen LogP contribution in [-0.4, -0.2) is 24.6 Å². The zero-order chi connectivity index (χ0) is 15.7. The smallest absolute Gasteiger partial charge is 0.406 e. The maximum absolute atomic E-state index is 12.0. The second-order valence-electron chi connectivity index (χ2n) is 4.11. The van der Waals surface area contributed by atoms with Crippen molar-refractivity contribution >= 4 is 10.0 Å². The third-order valence-electron chi connectivity index (χ3n) is 2.44. The predicted molar refractivity (Wildman–Crippen MR) is 65.8 cm³/mol. The molecule has 0 atom stereocenters. The Hall–Kier alpha value is -2.07. The first-order valence-corrected chi connectivity index (χ1v) is 7.08. The molecule has 0 saturated heterocycles. The molecule has 0 bridgehead atoms. The number of ether oxygens (including phenoxy) is 1. The van der Waals surface area contributed by atoms with E-state index in [1.807, 2.05) is 0 Å². The summed E-state index contributed by atoms with van der Waals surface area (Å²) < 4.78 is 63.2. The Labute approximate surface area is 118 Å². The van der Waals surface area contributed by atoms with Gasteiger partial charge in [0.25, 0.3) is 0 Å². The largest absolute Gasteiger partial charge is 0.573 e. The van der Waals surface area contributed by atoms with E-state index in [-0.39, 0.29) is 17.2 Å². The van der Waals surface area contributed by atoms with Crippen molar-refractivity contribution in [3.05, 3.63) is 42.2 Å². The molecule has 1 heterocycles. The van der Waals surface area contributed by atoms with Gasteiger partial charge in [-0.3, -0.25) is 4.68 Å². The molecule has 2 aromatic rings. The molecule has 0 amide bonds. The van der Waals surface area contributed by atoms with Crippen LogP contribution in [0.25, 0.3) is 0 Å². The van der Waals surface area contributed by atoms with Crippen LogP contribution >= 0.6 is 0 Å². The van der Waals surface area contributed by atoms with Gasteiger partial charge in [0.1, 0.15) is 10.6 Å². The summed E-state index contributed by atoms with van der Waals surface area (Å²) >= 11 is 0. The van der Waals surface area contributed by atoms with Crippen molar-refractivity contribution in [2.75, 3.05) is 0 Å². The van der Waals surface area contributed by atoms with E-state index in [0.29, 0.717) is 5.56 Å². The molecule has 1 aromatic carbocycles. The first-order valence-electron chi connectivity index (χ1n) is 5.53. The molecule has 114 valence electrons. The van der Waals surface area contributed by atoms with Gasteiger partial charge in [-0.05, 0) is 17.7 Å². The predicted octanol–water partition coefficient (Wildman–Crippen LogP) is 1.48. The van der Waals surface area contributed by atoms with E-state index in [4.69, 9.17) is 5.14 Å². The lowest BCUT2D eigenvalue weighted by atomic mass is 10.2. The number of halogens is 3. The Kier molecular flexibility index (Phi) is 3.92. The fraction of sp³-hybridized carbons (Fsp3) is 0.182. The summed E-state index contributed by atoms with van der Waals surface area (Å²) in [5, 5.41) is 8.74. The van der Waals surface area contributed by atoms with Gasteiger partial charge in [-0.15, -0.1) is 13.2 Å². The first kappa shape index (κ1) is 15.3. The summed E-state index contributed by atoms with van der Waals surface area (Å²) in [6, 6.07) is 5.15. The molecular formula is C11H10F3N3O3S. The van der Waals surface area contributed by atoms with Gasteiger partial charge in [0.2, 0.25) is 10.0 Å². The van der Waals surface area contributed by atoms with Crippen LogP contribution in [0.2, 0.25) is 0 Å². The highest BCUT2D eigenvalue weighted by Gasteiger charge is 2.30. The van der Waals surface area contributed by atoms with Crippen LogP contribution in [0.15, 0.2) is 41.6 Å². The minimum Gasteiger partial charge on any atom is -0.406 e. The van der Waals surface area contributed by atoms with E-state index in [2.05, 4.69) is 9.84 Å². The number of benzene rings is 1. The Balaban J connectivity index is 2.09. The normalized spacial score (nSPS) is 12.4. The van der Waals surface area contributed by atoms with Crippen LogP contribution in [0.5, 0.6) is 5.75 Å². The van der Waals surface area contributed by atoms with Crippen molar-refractivity contribution < 1.29 is 26.3 Å². The summed E-state index contributed by atoms with van der Waals surface area (Å²) in [5.41, 5.74) is 0.619. The average molecular weight is 321 g/mol. The molecule has 0 spiro atoms. The number of rotatable bonds is 4. The highest BCUT2D eigenvalue weighted by molar-refractivity contribution is 7.89. The number of alkyl halides is 3. The fourth-order valence-corrected chi connectivity index (χ4v) is 2.02. The van der Waals surface area contributed by atoms with Gasteiger partial charge in [-0.25, -0.2) is 13.6 Å². The highest BCUT2D eigenvalue weighted by atomic mass is 32.2. The Morgan fingerprint density at radius 1 is 1.24 bits per heavy atom. The lowest BCUT2D eigenvalue weighted by Crippen LogP contribution is -2.17. The molecule has 0 fully saturated rings. The summed E-state index contributed by atoms with van der Waals surface area (Å²) in [4.78, 5) is -0.139. The molecule has 0 unspecified atom stereocenters. The number of primary sulfonamides is 1. The second-order valence-corrected chi connectivity index (χ2v) is 5.67. The van der Waals surface area contributed by atoms with E-state index >= 15 is 0 Å². The van der Waals surface area contributed by atoms with Crippen molar-refractivity contribution in [3.8, 4) is 5.75 Å². The molecule has 0 aliphatic heterocycles. The molecule has 21 heavy (non-hydrogen) atoms. The topological polar surface area (TPSA) is 87.2 Å². The molecular weight excluding hydrogens is 311 g/mol. The van der Waals surface area contributed by atoms with Gasteiger partial charge in [-0.2, -0.15) is 5.10 Å². The second kappa shape index (κ2) is 5.37. The van der Waals surface area contributed by atoms with Crippen molar-refractivity contribution in [3.63, 3.8) is 0 Å². The molecule has 2 N–H and O–H groups in total. The van der Waals surface area contributed by atoms with Crippen LogP contribution in [0.3, 0.4) is 0 Å². The number of nitrogens with zero attached hydrogens (tertiary/aromatic N) is 2. The van der Waals surface area contributed by atoms with Crippen molar-refractivity contribution in [2.45, 2.75) is 17.8 Å². The minimum atomic E-state index is -4.74. The third kappa shape index (κ3) is 4.46. The maximum Gasteiger partial charge on any atom is 0.573 e. The highest BCUT2D eigenvalue weighted by Crippen LogP contribution is 2.22. The van der Waals surface area contributed by atoms with E-state index in [9.17, 15) is 21.6 Å². The third-order valence-corrected chi connectivity index (χ3v) is 3.31. The summed E-state index contributed by atoms with van der Waals surface area (Å²) in [6.07, 6.45) is -2.42. The van der Waals surface area contributed by atoms with Gasteiger partial charge < -0.3 is 4.74 Å². The van der Waals surface area contributed by atoms with Crippen LogP contribution in [0.4, 0.5) is 13.2 Å². The van der Waals surface area contributed by atoms with Crippen molar-refractivity contribution in [1.29, 1.82) is 0 Å². The fourth-order valence-electron chi connectivity index (χ4n) is 1.56. The maximum atomic E-state index is 12.0. The average Bonchev–Trinajstić information content (AvgIpc) is 2.78. The standard InChI is InChI=1S/C11H10F3N3O3S/c12-11(13,14)20-9-3-1-8(2-4-9)6-17-7-10(5-16-17)21(15,18)19/h1-5,7H,6H2,(H2,15,18,19). The van der Waals surface area contributed by atoms with Gasteiger partial charge in [0.05, 0.1) is 12.7 Å². The van der Waals surface area contributed by atoms with Crippen LogP contribution < -0.4 is 9.88 Å². The minimum absolute atomic E-state index is 0.139. The quantitative estimate of drug-likeness (QED) is 0.924. The molecule has 0 aliphatic carbocycles. The number of hydrogen-bond acceptors (Lipinski definition) is 4. The van der Waals surface area contributed by atoms with E-state index in [0.717, 1.165) is 18.3 Å². The summed E-state index contributed by atoms with van der Waals surface area (Å²) in [5.74, 6) is -0.336. The summed E-state index contributed by atoms with van der Waals surface area (Å²) in [7, 11) is -3.83. The van der Waals surface area contributed by atoms with Crippen molar-refractivity contribution in [1.82, 2.24) is 9.78 Å². The number of aromatic nitrogens is 2. The van der Waals surface area contributed by atoms with E-state index in [1.54, 1.807) is 0 Å². The molecule has 2 rings (SSSR count). The summed E-state index contributed by atoms with van der Waals surface area (Å²) in [6.45, 7) is 0.182. The van der Waals surface area contributed by atoms with Gasteiger partial charge in [-0.1, -0.05) is 12.1 Å². The Morgan fingerprint density at radius 3 is 2.33 bits per heavy atom. The van der Waals surface area contributed by atoms with Gasteiger partial charge in [0.15, 0.2) is 0 Å². The number of nitrogens with two attached hydrogens (primary N) is 1. The van der Waals surface area contributed by atoms with Crippen LogP contribution in [0, 0.1) is 0 Å². The monoisotopic (exact) mass is 321 g/mol. The van der Waals surface area contributed by atoms with E-state index < -0.39 is 16.4 Å². The molecule has 10 heteroatoms. The Bertz CT molecular complexity index is 723. The van der Waals surface area contributed by atoms with Crippen LogP contribution in [-0.2, 0) is 16.6 Å². The lowest BCUT2D eigenvalue weighted by Gasteiger charge is -2.09. The SMILES string of the molecule is NS(=O)(=O)c1cnn(Cc2ccc(OC(F)(F)F)cc2)c1. The molecule has 6 nitrogen and oxygen atoms in total. The van der Waals surface area contributed by atoms with Gasteiger partial charge >= 0.3 is 6.36 Å². The zero-order valence-corrected chi connectivity index (χ0v) is 11.2. The van der Waals surface area contributed by atoms with Gasteiger partial charge in [0, 0.05) is 6.20 Å². The zero-order valence-electron chi connectivity index (χ0n) is 10.4.